The number of hydrogen-bond donors (Lipinski definition) is 2. The molecule has 1 aromatic rings. The fourth-order valence-electron chi connectivity index (χ4n) is 2.20. The number of benzene rings is 1. The van der Waals surface area contributed by atoms with Gasteiger partial charge in [0.15, 0.2) is 0 Å². The number of ether oxygens (including phenoxy) is 1. The molecule has 0 spiro atoms. The number of hydrogen-bond acceptors (Lipinski definition) is 3. The molecule has 1 saturated carbocycles. The molecule has 19 heavy (non-hydrogen) atoms. The number of anilines is 1. The summed E-state index contributed by atoms with van der Waals surface area (Å²) in [6.07, 6.45) is 4.59. The van der Waals surface area contributed by atoms with Crippen molar-refractivity contribution in [2.75, 3.05) is 18.5 Å². The van der Waals surface area contributed by atoms with Gasteiger partial charge in [0, 0.05) is 16.7 Å². The molecule has 1 fully saturated rings. The van der Waals surface area contributed by atoms with Gasteiger partial charge < -0.3 is 15.2 Å². The molecule has 0 aliphatic heterocycles. The summed E-state index contributed by atoms with van der Waals surface area (Å²) in [5.74, 6) is 0. The highest BCUT2D eigenvalue weighted by molar-refractivity contribution is 9.10. The van der Waals surface area contributed by atoms with E-state index in [1.165, 1.54) is 12.8 Å². The lowest BCUT2D eigenvalue weighted by Gasteiger charge is -2.16. The lowest BCUT2D eigenvalue weighted by molar-refractivity contribution is -0.00117. The average molecular weight is 349 g/mol. The number of aliphatic hydroxyl groups excluding tert-OH is 1. The van der Waals surface area contributed by atoms with E-state index in [4.69, 9.17) is 16.3 Å². The van der Waals surface area contributed by atoms with Gasteiger partial charge in [0.05, 0.1) is 23.8 Å². The van der Waals surface area contributed by atoms with E-state index in [-0.39, 0.29) is 0 Å². The van der Waals surface area contributed by atoms with E-state index in [0.717, 1.165) is 23.0 Å². The molecule has 0 heterocycles. The molecule has 2 N–H and O–H groups in total. The van der Waals surface area contributed by atoms with Crippen molar-refractivity contribution in [1.29, 1.82) is 0 Å². The zero-order valence-electron chi connectivity index (χ0n) is 10.7. The second kappa shape index (κ2) is 7.48. The van der Waals surface area contributed by atoms with E-state index >= 15 is 0 Å². The third kappa shape index (κ3) is 4.95. The van der Waals surface area contributed by atoms with Gasteiger partial charge in [0.2, 0.25) is 0 Å². The molecule has 0 bridgehead atoms. The second-order valence-electron chi connectivity index (χ2n) is 4.90. The molecule has 1 aliphatic rings. The van der Waals surface area contributed by atoms with Gasteiger partial charge in [-0.2, -0.15) is 0 Å². The zero-order chi connectivity index (χ0) is 13.7. The Morgan fingerprint density at radius 1 is 1.42 bits per heavy atom. The van der Waals surface area contributed by atoms with Gasteiger partial charge in [0.25, 0.3) is 0 Å². The quantitative estimate of drug-likeness (QED) is 0.821. The highest BCUT2D eigenvalue weighted by Gasteiger charge is 2.16. The Bertz CT molecular complexity index is 410. The highest BCUT2D eigenvalue weighted by atomic mass is 79.9. The van der Waals surface area contributed by atoms with Crippen molar-refractivity contribution < 1.29 is 9.84 Å². The monoisotopic (exact) mass is 347 g/mol. The van der Waals surface area contributed by atoms with Crippen molar-refractivity contribution in [1.82, 2.24) is 0 Å². The van der Waals surface area contributed by atoms with Crippen molar-refractivity contribution in [2.24, 2.45) is 0 Å². The van der Waals surface area contributed by atoms with E-state index in [2.05, 4.69) is 21.2 Å². The molecule has 2 rings (SSSR count). The van der Waals surface area contributed by atoms with Crippen LogP contribution in [0.1, 0.15) is 25.7 Å². The van der Waals surface area contributed by atoms with Crippen LogP contribution in [0, 0.1) is 0 Å². The maximum Gasteiger partial charge on any atom is 0.0945 e. The van der Waals surface area contributed by atoms with E-state index in [9.17, 15) is 5.11 Å². The van der Waals surface area contributed by atoms with Gasteiger partial charge in [0.1, 0.15) is 0 Å². The fourth-order valence-corrected chi connectivity index (χ4v) is 2.63. The Morgan fingerprint density at radius 3 is 2.84 bits per heavy atom. The first-order valence-electron chi connectivity index (χ1n) is 6.64. The number of rotatable bonds is 6. The summed E-state index contributed by atoms with van der Waals surface area (Å²) in [5, 5.41) is 13.7. The third-order valence-electron chi connectivity index (χ3n) is 3.29. The predicted octanol–water partition coefficient (Wildman–Crippen LogP) is 3.83. The molecule has 5 heteroatoms. The van der Waals surface area contributed by atoms with Crippen molar-refractivity contribution in [3.05, 3.63) is 27.7 Å². The molecular formula is C14H19BrClNO2. The van der Waals surface area contributed by atoms with Gasteiger partial charge in [-0.05, 0) is 47.0 Å². The number of halogens is 2. The summed E-state index contributed by atoms with van der Waals surface area (Å²) >= 11 is 9.35. The van der Waals surface area contributed by atoms with Gasteiger partial charge in [-0.1, -0.05) is 24.4 Å². The molecule has 3 nitrogen and oxygen atoms in total. The Kier molecular flexibility index (Phi) is 5.95. The third-order valence-corrected chi connectivity index (χ3v) is 4.52. The van der Waals surface area contributed by atoms with Crippen LogP contribution in [0.3, 0.4) is 0 Å². The van der Waals surface area contributed by atoms with Crippen LogP contribution in [-0.4, -0.2) is 30.5 Å². The van der Waals surface area contributed by atoms with Crippen molar-refractivity contribution in [3.63, 3.8) is 0 Å². The fraction of sp³-hybridized carbons (Fsp3) is 0.571. The molecule has 1 aromatic carbocycles. The van der Waals surface area contributed by atoms with Gasteiger partial charge in [-0.15, -0.1) is 0 Å². The van der Waals surface area contributed by atoms with Gasteiger partial charge >= 0.3 is 0 Å². The average Bonchev–Trinajstić information content (AvgIpc) is 2.91. The van der Waals surface area contributed by atoms with Crippen molar-refractivity contribution in [2.45, 2.75) is 37.9 Å². The summed E-state index contributed by atoms with van der Waals surface area (Å²) in [4.78, 5) is 0. The molecule has 0 amide bonds. The Balaban J connectivity index is 1.70. The first kappa shape index (κ1) is 15.1. The Labute approximate surface area is 127 Å². The van der Waals surface area contributed by atoms with Crippen molar-refractivity contribution >= 4 is 33.2 Å². The van der Waals surface area contributed by atoms with Crippen LogP contribution >= 0.6 is 27.5 Å². The summed E-state index contributed by atoms with van der Waals surface area (Å²) in [6, 6.07) is 5.63. The lowest BCUT2D eigenvalue weighted by atomic mass is 10.3. The SMILES string of the molecule is OC(CNc1ccc(Br)c(Cl)c1)COC1CCCC1. The van der Waals surface area contributed by atoms with Crippen LogP contribution in [-0.2, 0) is 4.74 Å². The number of nitrogens with one attached hydrogen (secondary N) is 1. The summed E-state index contributed by atoms with van der Waals surface area (Å²) in [6.45, 7) is 0.854. The first-order chi connectivity index (χ1) is 9.15. The minimum absolute atomic E-state index is 0.344. The molecule has 1 aliphatic carbocycles. The molecule has 0 saturated heterocycles. The topological polar surface area (TPSA) is 41.5 Å². The van der Waals surface area contributed by atoms with Crippen LogP contribution in [0.4, 0.5) is 5.69 Å². The second-order valence-corrected chi connectivity index (χ2v) is 6.16. The minimum atomic E-state index is -0.497. The van der Waals surface area contributed by atoms with E-state index in [1.54, 1.807) is 0 Å². The van der Waals surface area contributed by atoms with Crippen LogP contribution in [0.25, 0.3) is 0 Å². The van der Waals surface area contributed by atoms with Crippen LogP contribution in [0.2, 0.25) is 5.02 Å². The van der Waals surface area contributed by atoms with Gasteiger partial charge in [-0.3, -0.25) is 0 Å². The Hall–Kier alpha value is -0.290. The highest BCUT2D eigenvalue weighted by Crippen LogP contribution is 2.25. The maximum atomic E-state index is 9.86. The Morgan fingerprint density at radius 2 is 2.16 bits per heavy atom. The largest absolute Gasteiger partial charge is 0.389 e. The van der Waals surface area contributed by atoms with Crippen LogP contribution in [0.15, 0.2) is 22.7 Å². The minimum Gasteiger partial charge on any atom is -0.389 e. The smallest absolute Gasteiger partial charge is 0.0945 e. The van der Waals surface area contributed by atoms with E-state index in [0.29, 0.717) is 24.3 Å². The van der Waals surface area contributed by atoms with E-state index in [1.807, 2.05) is 18.2 Å². The van der Waals surface area contributed by atoms with Crippen molar-refractivity contribution in [3.8, 4) is 0 Å². The maximum absolute atomic E-state index is 9.86. The zero-order valence-corrected chi connectivity index (χ0v) is 13.1. The molecule has 1 unspecified atom stereocenters. The van der Waals surface area contributed by atoms with Crippen LogP contribution < -0.4 is 5.32 Å². The van der Waals surface area contributed by atoms with Gasteiger partial charge in [-0.25, -0.2) is 0 Å². The molecule has 106 valence electrons. The standard InChI is InChI=1S/C14H19BrClNO2/c15-13-6-5-10(7-14(13)16)17-8-11(18)9-19-12-3-1-2-4-12/h5-7,11-12,17-18H,1-4,8-9H2. The molecule has 1 atom stereocenters. The molecule has 0 radical (unpaired) electrons. The molecular weight excluding hydrogens is 330 g/mol. The lowest BCUT2D eigenvalue weighted by Crippen LogP contribution is -2.27. The summed E-state index contributed by atoms with van der Waals surface area (Å²) < 4.78 is 6.54. The molecule has 0 aromatic heterocycles. The predicted molar refractivity (Wildman–Crippen MR) is 81.9 cm³/mol. The van der Waals surface area contributed by atoms with Crippen LogP contribution in [0.5, 0.6) is 0 Å². The first-order valence-corrected chi connectivity index (χ1v) is 7.81. The summed E-state index contributed by atoms with van der Waals surface area (Å²) in [7, 11) is 0. The normalized spacial score (nSPS) is 17.6. The number of aliphatic hydroxyl groups is 1. The van der Waals surface area contributed by atoms with E-state index < -0.39 is 6.10 Å². The summed E-state index contributed by atoms with van der Waals surface area (Å²) in [5.41, 5.74) is 0.896.